The van der Waals surface area contributed by atoms with E-state index in [1.807, 2.05) is 0 Å². The molecular weight excluding hydrogens is 198 g/mol. The van der Waals surface area contributed by atoms with Crippen LogP contribution in [0.5, 0.6) is 0 Å². The molecule has 0 spiro atoms. The van der Waals surface area contributed by atoms with Crippen LogP contribution in [0.3, 0.4) is 0 Å². The van der Waals surface area contributed by atoms with E-state index in [9.17, 15) is 0 Å². The topological polar surface area (TPSA) is 18.5 Å². The van der Waals surface area contributed by atoms with Crippen molar-refractivity contribution in [2.75, 3.05) is 27.1 Å². The van der Waals surface area contributed by atoms with Crippen molar-refractivity contribution in [3.63, 3.8) is 0 Å². The molecule has 2 rings (SSSR count). The van der Waals surface area contributed by atoms with Crippen LogP contribution in [-0.2, 0) is 13.0 Å². The molecule has 3 nitrogen and oxygen atoms in total. The zero-order valence-corrected chi connectivity index (χ0v) is 10.2. The molecule has 1 N–H and O–H groups in total. The molecule has 0 bridgehead atoms. The maximum Gasteiger partial charge on any atom is 0.0530 e. The molecule has 1 fully saturated rings. The maximum atomic E-state index is 3.39. The maximum absolute atomic E-state index is 3.39. The van der Waals surface area contributed by atoms with Gasteiger partial charge in [-0.05, 0) is 24.6 Å². The molecular formula is C13H21N3. The second-order valence-corrected chi connectivity index (χ2v) is 4.57. The zero-order valence-electron chi connectivity index (χ0n) is 10.2. The minimum Gasteiger partial charge on any atom is -0.291 e. The Bertz CT molecular complexity index is 338. The summed E-state index contributed by atoms with van der Waals surface area (Å²) in [6.45, 7) is 6.26. The molecule has 1 aliphatic rings. The van der Waals surface area contributed by atoms with E-state index in [1.54, 1.807) is 0 Å². The number of rotatable bonds is 3. The lowest BCUT2D eigenvalue weighted by atomic mass is 10.1. The van der Waals surface area contributed by atoms with Crippen molar-refractivity contribution < 1.29 is 0 Å². The highest BCUT2D eigenvalue weighted by atomic mass is 15.4. The van der Waals surface area contributed by atoms with Gasteiger partial charge in [-0.25, -0.2) is 0 Å². The third kappa shape index (κ3) is 3.04. The van der Waals surface area contributed by atoms with E-state index >= 15 is 0 Å². The van der Waals surface area contributed by atoms with E-state index in [4.69, 9.17) is 0 Å². The lowest BCUT2D eigenvalue weighted by Crippen LogP contribution is -2.50. The molecule has 1 heterocycles. The summed E-state index contributed by atoms with van der Waals surface area (Å²) < 4.78 is 0. The minimum atomic E-state index is 0.987. The van der Waals surface area contributed by atoms with E-state index < -0.39 is 0 Å². The van der Waals surface area contributed by atoms with Gasteiger partial charge in [-0.1, -0.05) is 31.2 Å². The average molecular weight is 219 g/mol. The highest BCUT2D eigenvalue weighted by Crippen LogP contribution is 2.09. The second kappa shape index (κ2) is 5.43. The first-order valence-corrected chi connectivity index (χ1v) is 5.97. The fourth-order valence-electron chi connectivity index (χ4n) is 2.15. The highest BCUT2D eigenvalue weighted by molar-refractivity contribution is 5.23. The molecule has 88 valence electrons. The molecule has 0 saturated carbocycles. The van der Waals surface area contributed by atoms with Crippen molar-refractivity contribution in [2.24, 2.45) is 0 Å². The normalized spacial score (nSPS) is 18.9. The Morgan fingerprint density at radius 2 is 2.06 bits per heavy atom. The standard InChI is InChI=1S/C13H21N3/c1-3-12-5-4-6-13(7-12)8-16-10-14-9-15(2)11-16/h4-7,14H,3,8-11H2,1-2H3. The predicted molar refractivity (Wildman–Crippen MR) is 66.9 cm³/mol. The molecule has 0 aliphatic carbocycles. The first-order chi connectivity index (χ1) is 7.78. The van der Waals surface area contributed by atoms with Gasteiger partial charge in [0.05, 0.1) is 13.3 Å². The molecule has 0 radical (unpaired) electrons. The number of hydrogen-bond acceptors (Lipinski definition) is 3. The van der Waals surface area contributed by atoms with Gasteiger partial charge < -0.3 is 0 Å². The van der Waals surface area contributed by atoms with E-state index in [1.165, 1.54) is 11.1 Å². The highest BCUT2D eigenvalue weighted by Gasteiger charge is 2.13. The fourth-order valence-corrected chi connectivity index (χ4v) is 2.15. The van der Waals surface area contributed by atoms with E-state index in [-0.39, 0.29) is 0 Å². The zero-order chi connectivity index (χ0) is 11.4. The van der Waals surface area contributed by atoms with Crippen molar-refractivity contribution in [3.8, 4) is 0 Å². The van der Waals surface area contributed by atoms with Crippen LogP contribution in [0.1, 0.15) is 18.1 Å². The van der Waals surface area contributed by atoms with Gasteiger partial charge in [0.2, 0.25) is 0 Å². The molecule has 1 aliphatic heterocycles. The first-order valence-electron chi connectivity index (χ1n) is 5.97. The van der Waals surface area contributed by atoms with Crippen molar-refractivity contribution in [3.05, 3.63) is 35.4 Å². The van der Waals surface area contributed by atoms with Gasteiger partial charge in [-0.3, -0.25) is 15.1 Å². The molecule has 1 saturated heterocycles. The smallest absolute Gasteiger partial charge is 0.0530 e. The molecule has 16 heavy (non-hydrogen) atoms. The Labute approximate surface area is 98.0 Å². The Hall–Kier alpha value is -0.900. The summed E-state index contributed by atoms with van der Waals surface area (Å²) >= 11 is 0. The van der Waals surface area contributed by atoms with Crippen molar-refractivity contribution >= 4 is 0 Å². The summed E-state index contributed by atoms with van der Waals surface area (Å²) in [5.74, 6) is 0. The van der Waals surface area contributed by atoms with Crippen LogP contribution in [-0.4, -0.2) is 36.9 Å². The van der Waals surface area contributed by atoms with Crippen molar-refractivity contribution in [1.29, 1.82) is 0 Å². The molecule has 0 aromatic heterocycles. The molecule has 1 aromatic carbocycles. The Morgan fingerprint density at radius 3 is 2.81 bits per heavy atom. The second-order valence-electron chi connectivity index (χ2n) is 4.57. The summed E-state index contributed by atoms with van der Waals surface area (Å²) in [6.07, 6.45) is 1.12. The predicted octanol–water partition coefficient (Wildman–Crippen LogP) is 1.46. The fraction of sp³-hybridized carbons (Fsp3) is 0.538. The quantitative estimate of drug-likeness (QED) is 0.830. The third-order valence-corrected chi connectivity index (χ3v) is 2.96. The van der Waals surface area contributed by atoms with Gasteiger partial charge in [-0.15, -0.1) is 0 Å². The largest absolute Gasteiger partial charge is 0.291 e. The molecule has 0 unspecified atom stereocenters. The summed E-state index contributed by atoms with van der Waals surface area (Å²) in [7, 11) is 2.14. The lowest BCUT2D eigenvalue weighted by molar-refractivity contribution is 0.0798. The number of nitrogens with one attached hydrogen (secondary N) is 1. The average Bonchev–Trinajstić information content (AvgIpc) is 2.29. The number of hydrogen-bond donors (Lipinski definition) is 1. The molecule has 3 heteroatoms. The van der Waals surface area contributed by atoms with Gasteiger partial charge in [0.15, 0.2) is 0 Å². The number of aryl methyl sites for hydroxylation is 1. The van der Waals surface area contributed by atoms with Crippen LogP contribution in [0.15, 0.2) is 24.3 Å². The summed E-state index contributed by atoms with van der Waals surface area (Å²) in [5.41, 5.74) is 2.84. The third-order valence-electron chi connectivity index (χ3n) is 2.96. The first kappa shape index (κ1) is 11.6. The van der Waals surface area contributed by atoms with Crippen LogP contribution in [0.2, 0.25) is 0 Å². The van der Waals surface area contributed by atoms with Gasteiger partial charge in [-0.2, -0.15) is 0 Å². The Kier molecular flexibility index (Phi) is 3.93. The Balaban J connectivity index is 1.97. The summed E-state index contributed by atoms with van der Waals surface area (Å²) in [5, 5.41) is 3.39. The van der Waals surface area contributed by atoms with Crippen LogP contribution in [0, 0.1) is 0 Å². The van der Waals surface area contributed by atoms with Crippen molar-refractivity contribution in [1.82, 2.24) is 15.1 Å². The van der Waals surface area contributed by atoms with Gasteiger partial charge in [0.25, 0.3) is 0 Å². The molecule has 0 atom stereocenters. The van der Waals surface area contributed by atoms with E-state index in [0.717, 1.165) is 33.0 Å². The van der Waals surface area contributed by atoms with Crippen LogP contribution < -0.4 is 5.32 Å². The SMILES string of the molecule is CCc1cccc(CN2CNCN(C)C2)c1. The van der Waals surface area contributed by atoms with E-state index in [2.05, 4.69) is 53.4 Å². The minimum absolute atomic E-state index is 0.987. The summed E-state index contributed by atoms with van der Waals surface area (Å²) in [6, 6.07) is 8.89. The Morgan fingerprint density at radius 1 is 1.25 bits per heavy atom. The van der Waals surface area contributed by atoms with Crippen LogP contribution in [0.4, 0.5) is 0 Å². The van der Waals surface area contributed by atoms with Gasteiger partial charge in [0.1, 0.15) is 0 Å². The number of nitrogens with zero attached hydrogens (tertiary/aromatic N) is 2. The summed E-state index contributed by atoms with van der Waals surface area (Å²) in [4.78, 5) is 4.70. The van der Waals surface area contributed by atoms with Gasteiger partial charge >= 0.3 is 0 Å². The lowest BCUT2D eigenvalue weighted by Gasteiger charge is -2.33. The molecule has 1 aromatic rings. The number of benzene rings is 1. The van der Waals surface area contributed by atoms with E-state index in [0.29, 0.717) is 0 Å². The van der Waals surface area contributed by atoms with Crippen molar-refractivity contribution in [2.45, 2.75) is 19.9 Å². The molecule has 0 amide bonds. The van der Waals surface area contributed by atoms with Crippen LogP contribution in [0.25, 0.3) is 0 Å². The van der Waals surface area contributed by atoms with Gasteiger partial charge in [0, 0.05) is 13.2 Å². The monoisotopic (exact) mass is 219 g/mol. The van der Waals surface area contributed by atoms with Crippen LogP contribution >= 0.6 is 0 Å².